The van der Waals surface area contributed by atoms with Crippen molar-refractivity contribution in [3.63, 3.8) is 0 Å². The van der Waals surface area contributed by atoms with E-state index in [0.717, 1.165) is 30.7 Å². The molecule has 0 bridgehead atoms. The maximum atomic E-state index is 12.3. The Bertz CT molecular complexity index is 1020. The van der Waals surface area contributed by atoms with Crippen LogP contribution in [0.25, 0.3) is 0 Å². The van der Waals surface area contributed by atoms with Gasteiger partial charge in [-0.05, 0) is 56.0 Å². The monoisotopic (exact) mass is 441 g/mol. The molecule has 1 aliphatic carbocycles. The van der Waals surface area contributed by atoms with Crippen molar-refractivity contribution in [1.29, 1.82) is 0 Å². The van der Waals surface area contributed by atoms with Crippen LogP contribution in [0.2, 0.25) is 0 Å². The van der Waals surface area contributed by atoms with E-state index in [9.17, 15) is 8.42 Å². The summed E-state index contributed by atoms with van der Waals surface area (Å²) >= 11 is 0. The average Bonchev–Trinajstić information content (AvgIpc) is 3.54. The summed E-state index contributed by atoms with van der Waals surface area (Å²) in [5, 5.41) is 3.43. The molecule has 3 aliphatic rings. The molecule has 1 saturated carbocycles. The molecule has 2 heterocycles. The predicted octanol–water partition coefficient (Wildman–Crippen LogP) is 2.51. The number of ether oxygens (including phenoxy) is 1. The second kappa shape index (κ2) is 8.45. The van der Waals surface area contributed by atoms with Gasteiger partial charge in [0.25, 0.3) is 0 Å². The van der Waals surface area contributed by atoms with Crippen LogP contribution in [0.4, 0.5) is 5.69 Å². The number of nitrogens with zero attached hydrogens (tertiary/aromatic N) is 1. The number of fused-ring (bicyclic) bond motifs is 1. The SMILES string of the molecule is CNC1COc2ccc(N3CC(NS(=O)(=O)CC4CC4)C3)cc2C1Cc1ccccc1. The van der Waals surface area contributed by atoms with Gasteiger partial charge in [-0.1, -0.05) is 30.3 Å². The van der Waals surface area contributed by atoms with Gasteiger partial charge in [-0.2, -0.15) is 0 Å². The molecule has 2 fully saturated rings. The zero-order valence-electron chi connectivity index (χ0n) is 18.0. The van der Waals surface area contributed by atoms with Crippen molar-refractivity contribution in [2.75, 3.05) is 37.4 Å². The van der Waals surface area contributed by atoms with Crippen molar-refractivity contribution >= 4 is 15.7 Å². The van der Waals surface area contributed by atoms with Gasteiger partial charge in [0, 0.05) is 36.3 Å². The molecule has 2 atom stereocenters. The first-order chi connectivity index (χ1) is 15.0. The molecule has 2 unspecified atom stereocenters. The van der Waals surface area contributed by atoms with Crippen LogP contribution in [0.15, 0.2) is 48.5 Å². The van der Waals surface area contributed by atoms with Crippen molar-refractivity contribution in [3.8, 4) is 5.75 Å². The zero-order valence-corrected chi connectivity index (χ0v) is 18.8. The summed E-state index contributed by atoms with van der Waals surface area (Å²) < 4.78 is 33.4. The highest BCUT2D eigenvalue weighted by Crippen LogP contribution is 2.39. The third-order valence-electron chi connectivity index (χ3n) is 6.71. The summed E-state index contributed by atoms with van der Waals surface area (Å²) in [6.45, 7) is 2.08. The van der Waals surface area contributed by atoms with E-state index >= 15 is 0 Å². The summed E-state index contributed by atoms with van der Waals surface area (Å²) in [7, 11) is -1.16. The van der Waals surface area contributed by atoms with Crippen LogP contribution in [0.3, 0.4) is 0 Å². The van der Waals surface area contributed by atoms with E-state index in [1.807, 2.05) is 13.1 Å². The molecule has 5 rings (SSSR count). The Morgan fingerprint density at radius 2 is 1.87 bits per heavy atom. The summed E-state index contributed by atoms with van der Waals surface area (Å²) in [4.78, 5) is 2.24. The van der Waals surface area contributed by atoms with Crippen LogP contribution >= 0.6 is 0 Å². The summed E-state index contributed by atoms with van der Waals surface area (Å²) in [5.41, 5.74) is 3.68. The Labute approximate surface area is 185 Å². The van der Waals surface area contributed by atoms with Crippen LogP contribution in [0.1, 0.15) is 29.9 Å². The van der Waals surface area contributed by atoms with Crippen LogP contribution in [-0.4, -0.2) is 53.0 Å². The van der Waals surface area contributed by atoms with E-state index in [4.69, 9.17) is 4.74 Å². The van der Waals surface area contributed by atoms with E-state index in [1.165, 1.54) is 11.1 Å². The standard InChI is InChI=1S/C24H31N3O3S/c1-25-23-15-30-24-10-9-20(12-22(24)21(23)11-17-5-3-2-4-6-17)27-13-19(14-27)26-31(28,29)16-18-7-8-18/h2-6,9-10,12,18-19,21,23,25-26H,7-8,11,13-16H2,1H3. The molecule has 0 amide bonds. The van der Waals surface area contributed by atoms with Crippen molar-refractivity contribution in [2.45, 2.75) is 37.3 Å². The van der Waals surface area contributed by atoms with Gasteiger partial charge in [0.15, 0.2) is 0 Å². The highest BCUT2D eigenvalue weighted by molar-refractivity contribution is 7.89. The largest absolute Gasteiger partial charge is 0.492 e. The lowest BCUT2D eigenvalue weighted by atomic mass is 9.83. The van der Waals surface area contributed by atoms with Gasteiger partial charge in [0.1, 0.15) is 12.4 Å². The quantitative estimate of drug-likeness (QED) is 0.659. The van der Waals surface area contributed by atoms with E-state index < -0.39 is 10.0 Å². The topological polar surface area (TPSA) is 70.7 Å². The molecule has 0 spiro atoms. The number of hydrogen-bond donors (Lipinski definition) is 2. The summed E-state index contributed by atoms with van der Waals surface area (Å²) in [6.07, 6.45) is 3.05. The van der Waals surface area contributed by atoms with E-state index in [1.54, 1.807) is 0 Å². The number of nitrogens with one attached hydrogen (secondary N) is 2. The lowest BCUT2D eigenvalue weighted by Gasteiger charge is -2.42. The zero-order chi connectivity index (χ0) is 21.4. The average molecular weight is 442 g/mol. The lowest BCUT2D eigenvalue weighted by Crippen LogP contribution is -2.59. The fourth-order valence-electron chi connectivity index (χ4n) is 4.73. The third-order valence-corrected chi connectivity index (χ3v) is 8.31. The van der Waals surface area contributed by atoms with Gasteiger partial charge in [0.2, 0.25) is 10.0 Å². The third kappa shape index (κ3) is 4.73. The molecule has 7 heteroatoms. The lowest BCUT2D eigenvalue weighted by molar-refractivity contribution is 0.219. The number of likely N-dealkylation sites (N-methyl/N-ethyl adjacent to an activating group) is 1. The molecule has 2 aromatic rings. The normalized spacial score (nSPS) is 23.7. The Balaban J connectivity index is 1.29. The van der Waals surface area contributed by atoms with Gasteiger partial charge in [-0.3, -0.25) is 0 Å². The second-order valence-electron chi connectivity index (χ2n) is 9.17. The molecule has 166 valence electrons. The van der Waals surface area contributed by atoms with Crippen LogP contribution in [0, 0.1) is 5.92 Å². The van der Waals surface area contributed by atoms with E-state index in [2.05, 4.69) is 57.4 Å². The molecule has 0 aromatic heterocycles. The molecule has 0 radical (unpaired) electrons. The van der Waals surface area contributed by atoms with Gasteiger partial charge in [-0.15, -0.1) is 0 Å². The second-order valence-corrected chi connectivity index (χ2v) is 11.0. The van der Waals surface area contributed by atoms with Gasteiger partial charge in [-0.25, -0.2) is 13.1 Å². The van der Waals surface area contributed by atoms with Crippen molar-refractivity contribution in [1.82, 2.24) is 10.0 Å². The maximum Gasteiger partial charge on any atom is 0.212 e. The van der Waals surface area contributed by atoms with Crippen molar-refractivity contribution in [3.05, 3.63) is 59.7 Å². The Morgan fingerprint density at radius 1 is 1.10 bits per heavy atom. The van der Waals surface area contributed by atoms with Crippen molar-refractivity contribution < 1.29 is 13.2 Å². The number of anilines is 1. The molecule has 2 aliphatic heterocycles. The highest BCUT2D eigenvalue weighted by atomic mass is 32.2. The smallest absolute Gasteiger partial charge is 0.212 e. The minimum atomic E-state index is -3.16. The Hall–Kier alpha value is -2.09. The first kappa shape index (κ1) is 20.8. The molecule has 2 aromatic carbocycles. The molecular formula is C24H31N3O3S. The van der Waals surface area contributed by atoms with E-state index in [-0.39, 0.29) is 17.8 Å². The van der Waals surface area contributed by atoms with Crippen molar-refractivity contribution in [2.24, 2.45) is 5.92 Å². The number of rotatable bonds is 8. The van der Waals surface area contributed by atoms with Crippen LogP contribution in [0.5, 0.6) is 5.75 Å². The van der Waals surface area contributed by atoms with Crippen LogP contribution < -0.4 is 19.7 Å². The first-order valence-electron chi connectivity index (χ1n) is 11.2. The van der Waals surface area contributed by atoms with Gasteiger partial charge in [0.05, 0.1) is 11.8 Å². The Kier molecular flexibility index (Phi) is 5.67. The highest BCUT2D eigenvalue weighted by Gasteiger charge is 2.35. The van der Waals surface area contributed by atoms with E-state index in [0.29, 0.717) is 31.5 Å². The number of hydrogen-bond acceptors (Lipinski definition) is 5. The number of sulfonamides is 1. The minimum absolute atomic E-state index is 0.00112. The predicted molar refractivity (Wildman–Crippen MR) is 123 cm³/mol. The number of benzene rings is 2. The Morgan fingerprint density at radius 3 is 2.58 bits per heavy atom. The summed E-state index contributed by atoms with van der Waals surface area (Å²) in [5.74, 6) is 1.94. The molecule has 31 heavy (non-hydrogen) atoms. The van der Waals surface area contributed by atoms with Crippen LogP contribution in [-0.2, 0) is 16.4 Å². The maximum absolute atomic E-state index is 12.3. The molecular weight excluding hydrogens is 410 g/mol. The summed E-state index contributed by atoms with van der Waals surface area (Å²) in [6, 6.07) is 17.2. The van der Waals surface area contributed by atoms with Gasteiger partial charge < -0.3 is 15.0 Å². The minimum Gasteiger partial charge on any atom is -0.492 e. The fraction of sp³-hybridized carbons (Fsp3) is 0.500. The molecule has 1 saturated heterocycles. The van der Waals surface area contributed by atoms with Gasteiger partial charge >= 0.3 is 0 Å². The fourth-order valence-corrected chi connectivity index (χ4v) is 6.44. The molecule has 6 nitrogen and oxygen atoms in total. The molecule has 2 N–H and O–H groups in total. The first-order valence-corrected chi connectivity index (χ1v) is 12.9.